The van der Waals surface area contributed by atoms with Crippen molar-refractivity contribution in [1.29, 1.82) is 0 Å². The number of aromatic nitrogens is 2. The Kier molecular flexibility index (Phi) is 3.45. The Balaban J connectivity index is 2.34. The number of hydrogen-bond acceptors (Lipinski definition) is 3. The summed E-state index contributed by atoms with van der Waals surface area (Å²) in [4.78, 5) is 7.84. The fraction of sp³-hybridized carbons (Fsp3) is 0.0909. The fourth-order valence-corrected chi connectivity index (χ4v) is 1.61. The quantitative estimate of drug-likeness (QED) is 0.775. The van der Waals surface area contributed by atoms with Crippen LogP contribution in [0.2, 0.25) is 10.2 Å². The number of hydrogen-bond donors (Lipinski definition) is 0. The number of benzene rings is 1. The zero-order chi connectivity index (χ0) is 12.4. The molecule has 0 N–H and O–H groups in total. The van der Waals surface area contributed by atoms with Gasteiger partial charge in [0.1, 0.15) is 11.0 Å². The first-order chi connectivity index (χ1) is 8.06. The van der Waals surface area contributed by atoms with Crippen LogP contribution in [-0.4, -0.2) is 9.97 Å². The van der Waals surface area contributed by atoms with E-state index in [1.54, 1.807) is 13.0 Å². The molecule has 0 spiro atoms. The third-order valence-corrected chi connectivity index (χ3v) is 2.40. The zero-order valence-electron chi connectivity index (χ0n) is 8.75. The van der Waals surface area contributed by atoms with Gasteiger partial charge in [-0.3, -0.25) is 0 Å². The highest BCUT2D eigenvalue weighted by atomic mass is 35.5. The zero-order valence-corrected chi connectivity index (χ0v) is 10.3. The van der Waals surface area contributed by atoms with Gasteiger partial charge in [0.25, 0.3) is 0 Å². The molecule has 88 valence electrons. The Bertz CT molecular complexity index is 543. The van der Waals surface area contributed by atoms with E-state index in [9.17, 15) is 4.39 Å². The number of nitrogens with zero attached hydrogens (tertiary/aromatic N) is 2. The normalized spacial score (nSPS) is 10.4. The Labute approximate surface area is 107 Å². The summed E-state index contributed by atoms with van der Waals surface area (Å²) in [6.07, 6.45) is 0. The minimum Gasteiger partial charge on any atom is -0.436 e. The number of halogens is 3. The molecule has 0 unspecified atom stereocenters. The summed E-state index contributed by atoms with van der Waals surface area (Å²) in [7, 11) is 0. The van der Waals surface area contributed by atoms with E-state index >= 15 is 0 Å². The SMILES string of the molecule is Cc1nc(Cl)cc(Oc2cccc(Cl)c2F)n1. The van der Waals surface area contributed by atoms with Gasteiger partial charge in [0.05, 0.1) is 5.02 Å². The highest BCUT2D eigenvalue weighted by Gasteiger charge is 2.10. The molecule has 0 aliphatic heterocycles. The maximum Gasteiger partial charge on any atom is 0.224 e. The van der Waals surface area contributed by atoms with Crippen molar-refractivity contribution in [3.63, 3.8) is 0 Å². The van der Waals surface area contributed by atoms with Crippen LogP contribution in [0.25, 0.3) is 0 Å². The maximum absolute atomic E-state index is 13.6. The summed E-state index contributed by atoms with van der Waals surface area (Å²) in [5, 5.41) is 0.217. The standard InChI is InChI=1S/C11H7Cl2FN2O/c1-6-15-9(13)5-10(16-6)17-8-4-2-3-7(12)11(8)14/h2-5H,1H3. The summed E-state index contributed by atoms with van der Waals surface area (Å²) >= 11 is 11.4. The van der Waals surface area contributed by atoms with Crippen LogP contribution >= 0.6 is 23.2 Å². The molecule has 2 rings (SSSR count). The van der Waals surface area contributed by atoms with Crippen molar-refractivity contribution in [2.24, 2.45) is 0 Å². The van der Waals surface area contributed by atoms with Gasteiger partial charge in [-0.15, -0.1) is 0 Å². The minimum atomic E-state index is -0.637. The Morgan fingerprint density at radius 2 is 2.00 bits per heavy atom. The molecule has 0 amide bonds. The topological polar surface area (TPSA) is 35.0 Å². The van der Waals surface area contributed by atoms with Crippen molar-refractivity contribution in [3.8, 4) is 11.6 Å². The van der Waals surface area contributed by atoms with Crippen LogP contribution in [-0.2, 0) is 0 Å². The lowest BCUT2D eigenvalue weighted by molar-refractivity contribution is 0.425. The van der Waals surface area contributed by atoms with Gasteiger partial charge < -0.3 is 4.74 Å². The first kappa shape index (κ1) is 12.1. The molecule has 0 radical (unpaired) electrons. The highest BCUT2D eigenvalue weighted by Crippen LogP contribution is 2.28. The Hall–Kier alpha value is -1.39. The van der Waals surface area contributed by atoms with E-state index in [2.05, 4.69) is 9.97 Å². The van der Waals surface area contributed by atoms with Crippen LogP contribution in [0.5, 0.6) is 11.6 Å². The molecule has 0 saturated heterocycles. The maximum atomic E-state index is 13.6. The van der Waals surface area contributed by atoms with Gasteiger partial charge in [0.15, 0.2) is 11.6 Å². The lowest BCUT2D eigenvalue weighted by atomic mass is 10.3. The van der Waals surface area contributed by atoms with Gasteiger partial charge in [-0.1, -0.05) is 29.3 Å². The molecule has 1 aromatic carbocycles. The molecule has 0 atom stereocenters. The molecule has 1 aromatic heterocycles. The molecule has 0 aliphatic rings. The van der Waals surface area contributed by atoms with E-state index in [4.69, 9.17) is 27.9 Å². The van der Waals surface area contributed by atoms with E-state index in [1.807, 2.05) is 0 Å². The monoisotopic (exact) mass is 272 g/mol. The molecule has 3 nitrogen and oxygen atoms in total. The van der Waals surface area contributed by atoms with Crippen LogP contribution in [0, 0.1) is 12.7 Å². The molecule has 0 bridgehead atoms. The van der Waals surface area contributed by atoms with Gasteiger partial charge in [0, 0.05) is 6.07 Å². The molecular weight excluding hydrogens is 266 g/mol. The third-order valence-electron chi connectivity index (χ3n) is 1.91. The number of aryl methyl sites for hydroxylation is 1. The van der Waals surface area contributed by atoms with Gasteiger partial charge in [-0.25, -0.2) is 9.37 Å². The first-order valence-electron chi connectivity index (χ1n) is 4.69. The van der Waals surface area contributed by atoms with Crippen molar-refractivity contribution in [1.82, 2.24) is 9.97 Å². The van der Waals surface area contributed by atoms with Crippen LogP contribution in [0.1, 0.15) is 5.82 Å². The average molecular weight is 273 g/mol. The molecular formula is C11H7Cl2FN2O. The largest absolute Gasteiger partial charge is 0.436 e. The van der Waals surface area contributed by atoms with E-state index in [0.29, 0.717) is 5.82 Å². The number of ether oxygens (including phenoxy) is 1. The number of rotatable bonds is 2. The molecule has 17 heavy (non-hydrogen) atoms. The van der Waals surface area contributed by atoms with Gasteiger partial charge >= 0.3 is 0 Å². The van der Waals surface area contributed by atoms with E-state index in [1.165, 1.54) is 18.2 Å². The van der Waals surface area contributed by atoms with Crippen LogP contribution in [0.4, 0.5) is 4.39 Å². The summed E-state index contributed by atoms with van der Waals surface area (Å²) in [5.74, 6) is -0.0353. The van der Waals surface area contributed by atoms with Crippen molar-refractivity contribution in [2.75, 3.05) is 0 Å². The van der Waals surface area contributed by atoms with Gasteiger partial charge in [0.2, 0.25) is 5.88 Å². The first-order valence-corrected chi connectivity index (χ1v) is 5.45. The van der Waals surface area contributed by atoms with Gasteiger partial charge in [-0.2, -0.15) is 4.98 Å². The van der Waals surface area contributed by atoms with Crippen LogP contribution < -0.4 is 4.74 Å². The smallest absolute Gasteiger partial charge is 0.224 e. The second-order valence-corrected chi connectivity index (χ2v) is 4.02. The summed E-state index contributed by atoms with van der Waals surface area (Å²) < 4.78 is 18.8. The van der Waals surface area contributed by atoms with Crippen LogP contribution in [0.15, 0.2) is 24.3 Å². The fourth-order valence-electron chi connectivity index (χ4n) is 1.23. The Morgan fingerprint density at radius 3 is 2.71 bits per heavy atom. The molecule has 0 saturated carbocycles. The molecule has 0 fully saturated rings. The summed E-state index contributed by atoms with van der Waals surface area (Å²) in [5.41, 5.74) is 0. The molecule has 1 heterocycles. The van der Waals surface area contributed by atoms with Gasteiger partial charge in [-0.05, 0) is 19.1 Å². The lowest BCUT2D eigenvalue weighted by Gasteiger charge is -2.07. The summed E-state index contributed by atoms with van der Waals surface area (Å²) in [6.45, 7) is 1.66. The van der Waals surface area contributed by atoms with E-state index in [0.717, 1.165) is 0 Å². The van der Waals surface area contributed by atoms with Crippen molar-refractivity contribution >= 4 is 23.2 Å². The second-order valence-electron chi connectivity index (χ2n) is 3.23. The predicted octanol–water partition coefficient (Wildman–Crippen LogP) is 4.02. The summed E-state index contributed by atoms with van der Waals surface area (Å²) in [6, 6.07) is 5.86. The van der Waals surface area contributed by atoms with E-state index < -0.39 is 5.82 Å². The third kappa shape index (κ3) is 2.84. The van der Waals surface area contributed by atoms with E-state index in [-0.39, 0.29) is 21.8 Å². The second kappa shape index (κ2) is 4.85. The van der Waals surface area contributed by atoms with Crippen molar-refractivity contribution in [2.45, 2.75) is 6.92 Å². The highest BCUT2D eigenvalue weighted by molar-refractivity contribution is 6.30. The average Bonchev–Trinajstić information content (AvgIpc) is 2.23. The minimum absolute atomic E-state index is 0.00772. The van der Waals surface area contributed by atoms with Crippen molar-refractivity contribution in [3.05, 3.63) is 46.1 Å². The lowest BCUT2D eigenvalue weighted by Crippen LogP contribution is -1.95. The molecule has 6 heteroatoms. The van der Waals surface area contributed by atoms with Crippen LogP contribution in [0.3, 0.4) is 0 Å². The molecule has 0 aliphatic carbocycles. The van der Waals surface area contributed by atoms with Crippen molar-refractivity contribution < 1.29 is 9.13 Å². The predicted molar refractivity (Wildman–Crippen MR) is 63.3 cm³/mol. The Morgan fingerprint density at radius 1 is 1.24 bits per heavy atom. The molecule has 2 aromatic rings.